The second-order valence-electron chi connectivity index (χ2n) is 8.76. The van der Waals surface area contributed by atoms with Gasteiger partial charge in [-0.05, 0) is 44.4 Å². The first-order chi connectivity index (χ1) is 14.2. The van der Waals surface area contributed by atoms with Crippen molar-refractivity contribution in [2.24, 2.45) is 0 Å². The number of fused-ring (bicyclic) bond motifs is 2. The molecule has 0 aliphatic carbocycles. The highest BCUT2D eigenvalue weighted by Crippen LogP contribution is 2.31. The van der Waals surface area contributed by atoms with Crippen molar-refractivity contribution in [1.29, 1.82) is 0 Å². The number of aliphatic hydroxyl groups is 1. The molecule has 2 amide bonds. The topological polar surface area (TPSA) is 112 Å². The number of carbonyl (C=O) groups excluding carboxylic acids is 3. The Labute approximate surface area is 174 Å². The molecule has 3 heterocycles. The quantitative estimate of drug-likeness (QED) is 0.622. The molecule has 2 fully saturated rings. The van der Waals surface area contributed by atoms with Gasteiger partial charge in [-0.2, -0.15) is 0 Å². The van der Waals surface area contributed by atoms with Gasteiger partial charge in [-0.15, -0.1) is 0 Å². The predicted octanol–water partition coefficient (Wildman–Crippen LogP) is 1.55. The molecular formula is C22H27N3O5. The van der Waals surface area contributed by atoms with Crippen LogP contribution in [0.15, 0.2) is 18.2 Å². The summed E-state index contributed by atoms with van der Waals surface area (Å²) in [6.07, 6.45) is 1.64. The van der Waals surface area contributed by atoms with Crippen molar-refractivity contribution in [3.05, 3.63) is 29.5 Å². The standard InChI is InChI=1S/C22H27N3O5/c1-22(2,29)11-18(26)19-14(13-7-6-12(30-3)9-15(13)23-19)10-16-21(28)25-8-4-5-17(25)20(27)24-16/h6-7,9,16-17,23,29H,4-5,8,10-11H2,1-3H3,(H,24,27)/t16-,17-/m0/s1. The number of nitrogens with one attached hydrogen (secondary N) is 2. The maximum Gasteiger partial charge on any atom is 0.246 e. The Kier molecular flexibility index (Phi) is 5.05. The number of nitrogens with zero attached hydrogens (tertiary/aromatic N) is 1. The van der Waals surface area contributed by atoms with E-state index >= 15 is 0 Å². The van der Waals surface area contributed by atoms with Gasteiger partial charge in [0.15, 0.2) is 5.78 Å². The SMILES string of the molecule is COc1ccc2c(C[C@@H]3NC(=O)[C@@H]4CCCN4C3=O)c(C(=O)CC(C)(C)O)[nH]c2c1. The molecule has 1 aromatic carbocycles. The van der Waals surface area contributed by atoms with Crippen molar-refractivity contribution < 1.29 is 24.2 Å². The van der Waals surface area contributed by atoms with Crippen LogP contribution in [0, 0.1) is 0 Å². The highest BCUT2D eigenvalue weighted by molar-refractivity contribution is 6.04. The number of carbonyl (C=O) groups is 3. The minimum Gasteiger partial charge on any atom is -0.497 e. The second-order valence-corrected chi connectivity index (χ2v) is 8.76. The first-order valence-electron chi connectivity index (χ1n) is 10.2. The number of Topliss-reactive ketones (excluding diaryl/α,β-unsaturated/α-hetero) is 1. The van der Waals surface area contributed by atoms with E-state index in [0.717, 1.165) is 11.8 Å². The molecule has 2 atom stereocenters. The molecule has 2 aromatic rings. The summed E-state index contributed by atoms with van der Waals surface area (Å²) < 4.78 is 5.28. The van der Waals surface area contributed by atoms with E-state index in [-0.39, 0.29) is 36.5 Å². The summed E-state index contributed by atoms with van der Waals surface area (Å²) in [4.78, 5) is 43.2. The fraction of sp³-hybridized carbons (Fsp3) is 0.500. The van der Waals surface area contributed by atoms with Crippen LogP contribution in [0.4, 0.5) is 0 Å². The van der Waals surface area contributed by atoms with Gasteiger partial charge in [-0.1, -0.05) is 0 Å². The number of benzene rings is 1. The summed E-state index contributed by atoms with van der Waals surface area (Å²) in [6.45, 7) is 3.74. The molecule has 30 heavy (non-hydrogen) atoms. The number of ether oxygens (including phenoxy) is 1. The lowest BCUT2D eigenvalue weighted by Crippen LogP contribution is -2.61. The van der Waals surface area contributed by atoms with Gasteiger partial charge in [0, 0.05) is 36.4 Å². The van der Waals surface area contributed by atoms with E-state index in [2.05, 4.69) is 10.3 Å². The Balaban J connectivity index is 1.72. The van der Waals surface area contributed by atoms with E-state index in [1.165, 1.54) is 0 Å². The maximum atomic E-state index is 13.0. The third kappa shape index (κ3) is 3.67. The summed E-state index contributed by atoms with van der Waals surface area (Å²) in [5.41, 5.74) is 0.558. The summed E-state index contributed by atoms with van der Waals surface area (Å²) in [7, 11) is 1.56. The molecule has 3 N–H and O–H groups in total. The lowest BCUT2D eigenvalue weighted by molar-refractivity contribution is -0.146. The summed E-state index contributed by atoms with van der Waals surface area (Å²) in [5.74, 6) is 0.142. The number of amides is 2. The molecule has 1 aromatic heterocycles. The van der Waals surface area contributed by atoms with E-state index in [1.54, 1.807) is 38.0 Å². The Morgan fingerprint density at radius 3 is 2.80 bits per heavy atom. The molecule has 2 saturated heterocycles. The molecule has 2 aliphatic rings. The normalized spacial score (nSPS) is 21.7. The van der Waals surface area contributed by atoms with Gasteiger partial charge in [0.05, 0.1) is 18.4 Å². The van der Waals surface area contributed by atoms with Crippen LogP contribution in [0.5, 0.6) is 5.75 Å². The lowest BCUT2D eigenvalue weighted by Gasteiger charge is -2.34. The number of aromatic amines is 1. The van der Waals surface area contributed by atoms with Crippen molar-refractivity contribution in [3.8, 4) is 5.75 Å². The molecule has 4 rings (SSSR count). The summed E-state index contributed by atoms with van der Waals surface area (Å²) in [5, 5.41) is 13.8. The zero-order valence-corrected chi connectivity index (χ0v) is 17.4. The average molecular weight is 413 g/mol. The number of H-pyrrole nitrogens is 1. The Hall–Kier alpha value is -2.87. The smallest absolute Gasteiger partial charge is 0.246 e. The monoisotopic (exact) mass is 413 g/mol. The van der Waals surface area contributed by atoms with Crippen LogP contribution in [0.1, 0.15) is 49.2 Å². The van der Waals surface area contributed by atoms with E-state index in [4.69, 9.17) is 4.74 Å². The number of aromatic nitrogens is 1. The third-order valence-corrected chi connectivity index (χ3v) is 5.85. The van der Waals surface area contributed by atoms with Crippen LogP contribution in [-0.2, 0) is 16.0 Å². The number of methoxy groups -OCH3 is 1. The van der Waals surface area contributed by atoms with Crippen LogP contribution in [-0.4, -0.2) is 63.9 Å². The van der Waals surface area contributed by atoms with Gasteiger partial charge in [-0.25, -0.2) is 0 Å². The fourth-order valence-electron chi connectivity index (χ4n) is 4.47. The predicted molar refractivity (Wildman–Crippen MR) is 110 cm³/mol. The molecule has 0 radical (unpaired) electrons. The third-order valence-electron chi connectivity index (χ3n) is 5.85. The summed E-state index contributed by atoms with van der Waals surface area (Å²) in [6, 6.07) is 4.33. The van der Waals surface area contributed by atoms with Crippen molar-refractivity contribution in [2.45, 2.75) is 57.2 Å². The van der Waals surface area contributed by atoms with Crippen LogP contribution in [0.3, 0.4) is 0 Å². The first kappa shape index (κ1) is 20.4. The molecule has 8 heteroatoms. The minimum atomic E-state index is -1.17. The van der Waals surface area contributed by atoms with Crippen molar-refractivity contribution >= 4 is 28.5 Å². The van der Waals surface area contributed by atoms with Crippen molar-refractivity contribution in [2.75, 3.05) is 13.7 Å². The van der Waals surface area contributed by atoms with Gasteiger partial charge in [0.25, 0.3) is 0 Å². The van der Waals surface area contributed by atoms with Gasteiger partial charge in [0.1, 0.15) is 17.8 Å². The Bertz CT molecular complexity index is 1020. The average Bonchev–Trinajstić information content (AvgIpc) is 3.30. The maximum absolute atomic E-state index is 13.0. The molecule has 2 aliphatic heterocycles. The molecule has 0 saturated carbocycles. The zero-order valence-electron chi connectivity index (χ0n) is 17.4. The zero-order chi connectivity index (χ0) is 21.6. The number of rotatable bonds is 6. The van der Waals surface area contributed by atoms with E-state index in [9.17, 15) is 19.5 Å². The van der Waals surface area contributed by atoms with E-state index < -0.39 is 11.6 Å². The first-order valence-corrected chi connectivity index (χ1v) is 10.2. The molecule has 0 unspecified atom stereocenters. The Morgan fingerprint density at radius 1 is 1.33 bits per heavy atom. The molecular weight excluding hydrogens is 386 g/mol. The van der Waals surface area contributed by atoms with Crippen LogP contribution >= 0.6 is 0 Å². The van der Waals surface area contributed by atoms with E-state index in [1.807, 2.05) is 6.07 Å². The van der Waals surface area contributed by atoms with Crippen molar-refractivity contribution in [3.63, 3.8) is 0 Å². The highest BCUT2D eigenvalue weighted by atomic mass is 16.5. The Morgan fingerprint density at radius 2 is 2.10 bits per heavy atom. The number of piperazine rings is 1. The van der Waals surface area contributed by atoms with Crippen LogP contribution < -0.4 is 10.1 Å². The van der Waals surface area contributed by atoms with Gasteiger partial charge < -0.3 is 25.0 Å². The molecule has 0 spiro atoms. The van der Waals surface area contributed by atoms with Gasteiger partial charge >= 0.3 is 0 Å². The van der Waals surface area contributed by atoms with Gasteiger partial charge in [0.2, 0.25) is 11.8 Å². The van der Waals surface area contributed by atoms with Crippen LogP contribution in [0.2, 0.25) is 0 Å². The van der Waals surface area contributed by atoms with Crippen molar-refractivity contribution in [1.82, 2.24) is 15.2 Å². The molecule has 0 bridgehead atoms. The number of ketones is 1. The van der Waals surface area contributed by atoms with E-state index in [0.29, 0.717) is 35.5 Å². The highest BCUT2D eigenvalue weighted by Gasteiger charge is 2.43. The number of hydrogen-bond acceptors (Lipinski definition) is 5. The second kappa shape index (κ2) is 7.43. The largest absolute Gasteiger partial charge is 0.497 e. The fourth-order valence-corrected chi connectivity index (χ4v) is 4.47. The minimum absolute atomic E-state index is 0.0663. The molecule has 160 valence electrons. The molecule has 8 nitrogen and oxygen atoms in total. The van der Waals surface area contributed by atoms with Gasteiger partial charge in [-0.3, -0.25) is 14.4 Å². The lowest BCUT2D eigenvalue weighted by atomic mass is 9.94. The van der Waals surface area contributed by atoms with Crippen LogP contribution in [0.25, 0.3) is 10.9 Å². The summed E-state index contributed by atoms with van der Waals surface area (Å²) >= 11 is 0. The number of hydrogen-bond donors (Lipinski definition) is 3.